The smallest absolute Gasteiger partial charge is 0.173 e. The van der Waals surface area contributed by atoms with Crippen molar-refractivity contribution in [2.24, 2.45) is 0 Å². The molecule has 98 valence electrons. The molecule has 0 saturated carbocycles. The molecule has 0 bridgehead atoms. The number of hydrogen-bond donors (Lipinski definition) is 0. The van der Waals surface area contributed by atoms with E-state index >= 15 is 0 Å². The summed E-state index contributed by atoms with van der Waals surface area (Å²) in [5.41, 5.74) is 1.50. The highest BCUT2D eigenvalue weighted by atomic mass is 32.2. The lowest BCUT2D eigenvalue weighted by Crippen LogP contribution is -2.04. The van der Waals surface area contributed by atoms with Crippen molar-refractivity contribution in [2.45, 2.75) is 11.8 Å². The molecule has 0 aliphatic rings. The van der Waals surface area contributed by atoms with Crippen molar-refractivity contribution in [3.8, 4) is 0 Å². The molecule has 19 heavy (non-hydrogen) atoms. The first kappa shape index (κ1) is 13.7. The van der Waals surface area contributed by atoms with Gasteiger partial charge in [-0.15, -0.1) is 11.8 Å². The van der Waals surface area contributed by atoms with Gasteiger partial charge in [0.15, 0.2) is 5.78 Å². The Balaban J connectivity index is 2.09. The summed E-state index contributed by atoms with van der Waals surface area (Å²) in [6, 6.07) is 10.4. The minimum atomic E-state index is -0.510. The lowest BCUT2D eigenvalue weighted by molar-refractivity contribution is 0.102. The van der Waals surface area contributed by atoms with E-state index in [1.165, 1.54) is 0 Å². The van der Waals surface area contributed by atoms with Crippen LogP contribution in [0.2, 0.25) is 0 Å². The largest absolute Gasteiger partial charge is 0.293 e. The van der Waals surface area contributed by atoms with Gasteiger partial charge in [0.05, 0.1) is 5.75 Å². The van der Waals surface area contributed by atoms with Gasteiger partial charge in [-0.3, -0.25) is 4.79 Å². The highest BCUT2D eigenvalue weighted by Crippen LogP contribution is 2.24. The molecule has 0 saturated heterocycles. The maximum atomic E-state index is 13.4. The molecular weight excluding hydrogens is 266 g/mol. The van der Waals surface area contributed by atoms with Gasteiger partial charge in [0, 0.05) is 10.5 Å². The number of thioether (sulfide) groups is 1. The van der Waals surface area contributed by atoms with Gasteiger partial charge < -0.3 is 0 Å². The van der Waals surface area contributed by atoms with Crippen LogP contribution in [0.25, 0.3) is 0 Å². The highest BCUT2D eigenvalue weighted by Gasteiger charge is 2.11. The molecule has 1 nitrogen and oxygen atoms in total. The Morgan fingerprint density at radius 2 is 1.89 bits per heavy atom. The summed E-state index contributed by atoms with van der Waals surface area (Å²) in [7, 11) is 0. The molecule has 4 heteroatoms. The van der Waals surface area contributed by atoms with E-state index in [0.717, 1.165) is 35.5 Å². The van der Waals surface area contributed by atoms with Crippen molar-refractivity contribution >= 4 is 17.5 Å². The van der Waals surface area contributed by atoms with Crippen molar-refractivity contribution in [3.05, 3.63) is 65.2 Å². The zero-order chi connectivity index (χ0) is 13.8. The number of carbonyl (C=O) groups is 1. The summed E-state index contributed by atoms with van der Waals surface area (Å²) in [5, 5.41) is 0. The summed E-state index contributed by atoms with van der Waals surface area (Å²) in [4.78, 5) is 12.2. The van der Waals surface area contributed by atoms with Gasteiger partial charge in [0.2, 0.25) is 0 Å². The second kappa shape index (κ2) is 5.97. The number of hydrogen-bond acceptors (Lipinski definition) is 2. The molecular formula is C15H12F2OS. The van der Waals surface area contributed by atoms with Crippen LogP contribution in [0.3, 0.4) is 0 Å². The van der Waals surface area contributed by atoms with Crippen LogP contribution < -0.4 is 0 Å². The number of carbonyl (C=O) groups excluding carboxylic acids is 1. The number of rotatable bonds is 4. The van der Waals surface area contributed by atoms with Crippen molar-refractivity contribution in [2.75, 3.05) is 5.75 Å². The molecule has 0 aliphatic carbocycles. The maximum Gasteiger partial charge on any atom is 0.173 e. The normalized spacial score (nSPS) is 10.5. The molecule has 0 fully saturated rings. The van der Waals surface area contributed by atoms with Gasteiger partial charge in [-0.2, -0.15) is 0 Å². The van der Waals surface area contributed by atoms with E-state index in [-0.39, 0.29) is 16.4 Å². The topological polar surface area (TPSA) is 17.1 Å². The van der Waals surface area contributed by atoms with Crippen molar-refractivity contribution in [1.29, 1.82) is 0 Å². The summed E-state index contributed by atoms with van der Waals surface area (Å²) in [6.07, 6.45) is 0. The van der Waals surface area contributed by atoms with Gasteiger partial charge in [-0.25, -0.2) is 8.78 Å². The van der Waals surface area contributed by atoms with E-state index < -0.39 is 11.6 Å². The Labute approximate surface area is 114 Å². The monoisotopic (exact) mass is 278 g/mol. The van der Waals surface area contributed by atoms with Crippen LogP contribution in [0.4, 0.5) is 8.78 Å². The quantitative estimate of drug-likeness (QED) is 0.614. The fraction of sp³-hybridized carbons (Fsp3) is 0.133. The minimum absolute atomic E-state index is 0.0885. The van der Waals surface area contributed by atoms with Crippen molar-refractivity contribution in [3.63, 3.8) is 0 Å². The standard InChI is InChI=1S/C15H12F2OS/c1-10-4-2-3-5-12(10)14(18)9-19-15-8-11(16)6-7-13(15)17/h2-8H,9H2,1H3. The molecule has 0 atom stereocenters. The molecule has 2 rings (SSSR count). The predicted molar refractivity (Wildman–Crippen MR) is 72.6 cm³/mol. The van der Waals surface area contributed by atoms with Crippen LogP contribution in [0.1, 0.15) is 15.9 Å². The SMILES string of the molecule is Cc1ccccc1C(=O)CSc1cc(F)ccc1F. The van der Waals surface area contributed by atoms with Gasteiger partial charge >= 0.3 is 0 Å². The average molecular weight is 278 g/mol. The second-order valence-electron chi connectivity index (χ2n) is 4.10. The minimum Gasteiger partial charge on any atom is -0.293 e. The number of ketones is 1. The summed E-state index contributed by atoms with van der Waals surface area (Å²) < 4.78 is 26.4. The number of aryl methyl sites for hydroxylation is 1. The van der Waals surface area contributed by atoms with E-state index in [2.05, 4.69) is 0 Å². The van der Waals surface area contributed by atoms with E-state index in [0.29, 0.717) is 5.56 Å². The molecule has 2 aromatic carbocycles. The van der Waals surface area contributed by atoms with Crippen LogP contribution in [-0.2, 0) is 0 Å². The Bertz CT molecular complexity index is 611. The van der Waals surface area contributed by atoms with Gasteiger partial charge in [0.25, 0.3) is 0 Å². The third kappa shape index (κ3) is 3.41. The predicted octanol–water partition coefficient (Wildman–Crippen LogP) is 4.25. The van der Waals surface area contributed by atoms with Crippen LogP contribution >= 0.6 is 11.8 Å². The average Bonchev–Trinajstić information content (AvgIpc) is 2.40. The Hall–Kier alpha value is -1.68. The fourth-order valence-electron chi connectivity index (χ4n) is 1.69. The van der Waals surface area contributed by atoms with E-state index in [1.807, 2.05) is 19.1 Å². The first-order valence-electron chi connectivity index (χ1n) is 5.74. The number of Topliss-reactive ketones (excluding diaryl/α,β-unsaturated/α-hetero) is 1. The van der Waals surface area contributed by atoms with Crippen LogP contribution in [-0.4, -0.2) is 11.5 Å². The lowest BCUT2D eigenvalue weighted by atomic mass is 10.1. The van der Waals surface area contributed by atoms with Crippen molar-refractivity contribution < 1.29 is 13.6 Å². The zero-order valence-electron chi connectivity index (χ0n) is 10.3. The Morgan fingerprint density at radius 3 is 2.63 bits per heavy atom. The second-order valence-corrected chi connectivity index (χ2v) is 5.12. The molecule has 0 N–H and O–H groups in total. The molecule has 0 spiro atoms. The molecule has 0 unspecified atom stereocenters. The molecule has 0 aromatic heterocycles. The van der Waals surface area contributed by atoms with Crippen LogP contribution in [0.5, 0.6) is 0 Å². The summed E-state index contributed by atoms with van der Waals surface area (Å²) in [6.45, 7) is 1.85. The van der Waals surface area contributed by atoms with E-state index in [9.17, 15) is 13.6 Å². The Kier molecular flexibility index (Phi) is 4.32. The maximum absolute atomic E-state index is 13.4. The third-order valence-electron chi connectivity index (χ3n) is 2.70. The van der Waals surface area contributed by atoms with Crippen LogP contribution in [0, 0.1) is 18.6 Å². The van der Waals surface area contributed by atoms with Gasteiger partial charge in [-0.05, 0) is 30.7 Å². The lowest BCUT2D eigenvalue weighted by Gasteiger charge is -2.05. The van der Waals surface area contributed by atoms with Gasteiger partial charge in [0.1, 0.15) is 11.6 Å². The molecule has 2 aromatic rings. The zero-order valence-corrected chi connectivity index (χ0v) is 11.1. The summed E-state index contributed by atoms with van der Waals surface area (Å²) in [5.74, 6) is -1.02. The number of halogens is 2. The summed E-state index contributed by atoms with van der Waals surface area (Å²) >= 11 is 1.01. The third-order valence-corrected chi connectivity index (χ3v) is 3.73. The van der Waals surface area contributed by atoms with Crippen molar-refractivity contribution in [1.82, 2.24) is 0 Å². The van der Waals surface area contributed by atoms with Gasteiger partial charge in [-0.1, -0.05) is 24.3 Å². The first-order chi connectivity index (χ1) is 9.08. The highest BCUT2D eigenvalue weighted by molar-refractivity contribution is 8.00. The first-order valence-corrected chi connectivity index (χ1v) is 6.73. The molecule has 0 aliphatic heterocycles. The number of benzene rings is 2. The fourth-order valence-corrected chi connectivity index (χ4v) is 2.54. The van der Waals surface area contributed by atoms with Crippen LogP contribution in [0.15, 0.2) is 47.4 Å². The molecule has 0 heterocycles. The Morgan fingerprint density at radius 1 is 1.16 bits per heavy atom. The van der Waals surface area contributed by atoms with E-state index in [4.69, 9.17) is 0 Å². The molecule has 0 radical (unpaired) electrons. The molecule has 0 amide bonds. The van der Waals surface area contributed by atoms with E-state index in [1.54, 1.807) is 12.1 Å².